The largest absolute Gasteiger partial charge is 0.435 e. The molecule has 0 spiro atoms. The number of ether oxygens (including phenoxy) is 2. The minimum absolute atomic E-state index is 0.0673. The van der Waals surface area contributed by atoms with Gasteiger partial charge in [0.25, 0.3) is 0 Å². The van der Waals surface area contributed by atoms with Gasteiger partial charge in [-0.15, -0.1) is 0 Å². The zero-order valence-electron chi connectivity index (χ0n) is 7.03. The second-order valence-corrected chi connectivity index (χ2v) is 2.72. The highest BCUT2D eigenvalue weighted by molar-refractivity contribution is 7.81. The van der Waals surface area contributed by atoms with Gasteiger partial charge in [0.1, 0.15) is 0 Å². The highest BCUT2D eigenvalue weighted by atomic mass is 32.1. The van der Waals surface area contributed by atoms with Crippen molar-refractivity contribution in [1.29, 1.82) is 0 Å². The van der Waals surface area contributed by atoms with Crippen molar-refractivity contribution in [3.8, 4) is 0 Å². The molecule has 0 aromatic rings. The van der Waals surface area contributed by atoms with E-state index in [4.69, 9.17) is 9.47 Å². The number of esters is 1. The molecule has 11 heavy (non-hydrogen) atoms. The Labute approximate surface area is 72.5 Å². The first-order chi connectivity index (χ1) is 5.06. The van der Waals surface area contributed by atoms with Crippen molar-refractivity contribution >= 4 is 18.6 Å². The maximum Gasteiger partial charge on any atom is 0.317 e. The molecule has 0 aromatic carbocycles. The molecule has 1 unspecified atom stereocenters. The van der Waals surface area contributed by atoms with Crippen LogP contribution in [0.5, 0.6) is 0 Å². The summed E-state index contributed by atoms with van der Waals surface area (Å²) in [5.74, 6) is -0.271. The fourth-order valence-electron chi connectivity index (χ4n) is 0.633. The number of rotatable bonds is 4. The van der Waals surface area contributed by atoms with Crippen molar-refractivity contribution in [2.75, 3.05) is 5.75 Å². The molecule has 1 atom stereocenters. The van der Waals surface area contributed by atoms with Gasteiger partial charge in [-0.25, -0.2) is 0 Å². The molecule has 0 aliphatic rings. The van der Waals surface area contributed by atoms with Crippen molar-refractivity contribution in [2.45, 2.75) is 33.2 Å². The Balaban J connectivity index is 3.51. The quantitative estimate of drug-likeness (QED) is 0.399. The van der Waals surface area contributed by atoms with E-state index >= 15 is 0 Å². The molecular formula is C7H14O3S. The Hall–Kier alpha value is -0.220. The molecule has 0 radical (unpaired) electrons. The lowest BCUT2D eigenvalue weighted by Gasteiger charge is -2.15. The van der Waals surface area contributed by atoms with Crippen LogP contribution in [0.1, 0.15) is 20.8 Å². The van der Waals surface area contributed by atoms with E-state index in [0.717, 1.165) is 0 Å². The van der Waals surface area contributed by atoms with Crippen LogP contribution in [-0.4, -0.2) is 24.1 Å². The molecule has 3 nitrogen and oxygen atoms in total. The normalized spacial score (nSPS) is 13.2. The van der Waals surface area contributed by atoms with Crippen molar-refractivity contribution in [1.82, 2.24) is 0 Å². The molecule has 66 valence electrons. The van der Waals surface area contributed by atoms with Gasteiger partial charge in [0, 0.05) is 0 Å². The van der Waals surface area contributed by atoms with E-state index in [2.05, 4.69) is 12.6 Å². The van der Waals surface area contributed by atoms with Gasteiger partial charge < -0.3 is 9.47 Å². The van der Waals surface area contributed by atoms with Crippen molar-refractivity contribution < 1.29 is 14.3 Å². The first kappa shape index (κ1) is 10.8. The summed E-state index contributed by atoms with van der Waals surface area (Å²) in [7, 11) is 0. The molecule has 0 aromatic heterocycles. The summed E-state index contributed by atoms with van der Waals surface area (Å²) in [4.78, 5) is 10.6. The second kappa shape index (κ2) is 5.43. The smallest absolute Gasteiger partial charge is 0.317 e. The minimum Gasteiger partial charge on any atom is -0.435 e. The number of hydrogen-bond donors (Lipinski definition) is 1. The lowest BCUT2D eigenvalue weighted by atomic mass is 10.5. The number of thiol groups is 1. The van der Waals surface area contributed by atoms with Gasteiger partial charge in [-0.1, -0.05) is 0 Å². The van der Waals surface area contributed by atoms with E-state index in [9.17, 15) is 4.79 Å². The fourth-order valence-corrected chi connectivity index (χ4v) is 0.708. The molecule has 0 amide bonds. The van der Waals surface area contributed by atoms with Crippen LogP contribution in [0.3, 0.4) is 0 Å². The predicted octanol–water partition coefficient (Wildman–Crippen LogP) is 1.23. The zero-order chi connectivity index (χ0) is 8.85. The van der Waals surface area contributed by atoms with Crippen LogP contribution in [0.15, 0.2) is 0 Å². The first-order valence-corrected chi connectivity index (χ1v) is 4.15. The Morgan fingerprint density at radius 1 is 1.45 bits per heavy atom. The SMILES string of the molecule is CC(C)OC(C)OC(=O)CS. The van der Waals surface area contributed by atoms with E-state index in [1.807, 2.05) is 13.8 Å². The molecule has 0 aliphatic carbocycles. The lowest BCUT2D eigenvalue weighted by molar-refractivity contribution is -0.178. The molecule has 0 rings (SSSR count). The fraction of sp³-hybridized carbons (Fsp3) is 0.857. The highest BCUT2D eigenvalue weighted by Crippen LogP contribution is 1.99. The highest BCUT2D eigenvalue weighted by Gasteiger charge is 2.08. The molecule has 0 saturated heterocycles. The molecule has 0 N–H and O–H groups in total. The maximum absolute atomic E-state index is 10.6. The third-order valence-electron chi connectivity index (χ3n) is 0.890. The standard InChI is InChI=1S/C7H14O3S/c1-5(2)9-6(3)10-7(8)4-11/h5-6,11H,4H2,1-3H3. The van der Waals surface area contributed by atoms with E-state index in [1.165, 1.54) is 0 Å². The number of carbonyl (C=O) groups excluding carboxylic acids is 1. The summed E-state index contributed by atoms with van der Waals surface area (Å²) in [5.41, 5.74) is 0. The van der Waals surface area contributed by atoms with Gasteiger partial charge in [-0.3, -0.25) is 4.79 Å². The lowest BCUT2D eigenvalue weighted by Crippen LogP contribution is -2.21. The number of hydrogen-bond acceptors (Lipinski definition) is 4. The Morgan fingerprint density at radius 3 is 2.36 bits per heavy atom. The van der Waals surface area contributed by atoms with Gasteiger partial charge in [0.2, 0.25) is 0 Å². The van der Waals surface area contributed by atoms with E-state index in [1.54, 1.807) is 6.92 Å². The molecule has 0 heterocycles. The van der Waals surface area contributed by atoms with Crippen LogP contribution in [0.25, 0.3) is 0 Å². The second-order valence-electron chi connectivity index (χ2n) is 2.40. The minimum atomic E-state index is -0.477. The van der Waals surface area contributed by atoms with Crippen LogP contribution in [0.4, 0.5) is 0 Å². The van der Waals surface area contributed by atoms with Gasteiger partial charge in [-0.2, -0.15) is 12.6 Å². The van der Waals surface area contributed by atoms with Crippen molar-refractivity contribution in [3.05, 3.63) is 0 Å². The topological polar surface area (TPSA) is 35.5 Å². The van der Waals surface area contributed by atoms with Crippen LogP contribution in [0.2, 0.25) is 0 Å². The van der Waals surface area contributed by atoms with Crippen molar-refractivity contribution in [3.63, 3.8) is 0 Å². The van der Waals surface area contributed by atoms with E-state index in [0.29, 0.717) is 0 Å². The molecule has 0 saturated carbocycles. The average molecular weight is 178 g/mol. The number of carbonyl (C=O) groups is 1. The molecular weight excluding hydrogens is 164 g/mol. The van der Waals surface area contributed by atoms with Crippen LogP contribution in [-0.2, 0) is 14.3 Å². The predicted molar refractivity (Wildman–Crippen MR) is 45.6 cm³/mol. The summed E-state index contributed by atoms with van der Waals surface area (Å²) in [6, 6.07) is 0. The molecule has 4 heteroatoms. The van der Waals surface area contributed by atoms with Crippen LogP contribution >= 0.6 is 12.6 Å². The molecule has 0 bridgehead atoms. The van der Waals surface area contributed by atoms with E-state index < -0.39 is 6.29 Å². The summed E-state index contributed by atoms with van der Waals surface area (Å²) >= 11 is 3.75. The summed E-state index contributed by atoms with van der Waals surface area (Å²) < 4.78 is 9.92. The maximum atomic E-state index is 10.6. The molecule has 0 aliphatic heterocycles. The van der Waals surface area contributed by atoms with Gasteiger partial charge in [-0.05, 0) is 20.8 Å². The van der Waals surface area contributed by atoms with E-state index in [-0.39, 0.29) is 17.8 Å². The van der Waals surface area contributed by atoms with Gasteiger partial charge >= 0.3 is 5.97 Å². The summed E-state index contributed by atoms with van der Waals surface area (Å²) in [6.45, 7) is 5.44. The average Bonchev–Trinajstić information content (AvgIpc) is 1.85. The van der Waals surface area contributed by atoms with Crippen LogP contribution in [0, 0.1) is 0 Å². The monoisotopic (exact) mass is 178 g/mol. The van der Waals surface area contributed by atoms with Crippen LogP contribution < -0.4 is 0 Å². The first-order valence-electron chi connectivity index (χ1n) is 3.52. The van der Waals surface area contributed by atoms with Gasteiger partial charge in [0.15, 0.2) is 6.29 Å². The summed E-state index contributed by atoms with van der Waals surface area (Å²) in [6.07, 6.45) is -0.410. The zero-order valence-corrected chi connectivity index (χ0v) is 7.93. The Morgan fingerprint density at radius 2 is 2.00 bits per heavy atom. The van der Waals surface area contributed by atoms with Crippen molar-refractivity contribution in [2.24, 2.45) is 0 Å². The third-order valence-corrected chi connectivity index (χ3v) is 1.15. The summed E-state index contributed by atoms with van der Waals surface area (Å²) in [5, 5.41) is 0. The third kappa shape index (κ3) is 6.19. The Kier molecular flexibility index (Phi) is 5.32. The Bertz CT molecular complexity index is 125. The van der Waals surface area contributed by atoms with Gasteiger partial charge in [0.05, 0.1) is 11.9 Å². The molecule has 0 fully saturated rings.